The molecule has 24 heavy (non-hydrogen) atoms. The lowest BCUT2D eigenvalue weighted by Crippen LogP contribution is -2.14. The summed E-state index contributed by atoms with van der Waals surface area (Å²) in [7, 11) is -3.72. The highest BCUT2D eigenvalue weighted by Gasteiger charge is 2.16. The quantitative estimate of drug-likeness (QED) is 0.675. The summed E-state index contributed by atoms with van der Waals surface area (Å²) in [6.07, 6.45) is 1.47. The van der Waals surface area contributed by atoms with Crippen molar-refractivity contribution >= 4 is 43.5 Å². The molecule has 1 aromatic heterocycles. The Morgan fingerprint density at radius 3 is 2.42 bits per heavy atom. The van der Waals surface area contributed by atoms with Crippen LogP contribution in [0.15, 0.2) is 64.2 Å². The van der Waals surface area contributed by atoms with Gasteiger partial charge in [-0.15, -0.1) is 5.10 Å². The monoisotopic (exact) mass is 426 g/mol. The topological polar surface area (TPSA) is 76.9 Å². The number of hydrogen-bond donors (Lipinski definition) is 1. The largest absolute Gasteiger partial charge is 0.264 e. The fourth-order valence-corrected chi connectivity index (χ4v) is 3.32. The molecule has 0 saturated carbocycles. The molecule has 0 aliphatic carbocycles. The van der Waals surface area contributed by atoms with Crippen LogP contribution in [0.1, 0.15) is 5.56 Å². The Bertz CT molecular complexity index is 940. The zero-order chi connectivity index (χ0) is 17.2. The number of rotatable bonds is 5. The smallest absolute Gasteiger partial charge is 0.246 e. The van der Waals surface area contributed by atoms with Gasteiger partial charge in [-0.3, -0.25) is 0 Å². The summed E-state index contributed by atoms with van der Waals surface area (Å²) in [6.45, 7) is 0.462. The summed E-state index contributed by atoms with van der Waals surface area (Å²) in [5, 5.41) is 4.78. The van der Waals surface area contributed by atoms with Gasteiger partial charge in [-0.05, 0) is 42.0 Å². The number of hydrogen-bond acceptors (Lipinski definition) is 4. The average Bonchev–Trinajstić information content (AvgIpc) is 2.96. The molecule has 0 aliphatic rings. The van der Waals surface area contributed by atoms with Crippen LogP contribution in [0.25, 0.3) is 0 Å². The Balaban J connectivity index is 1.73. The molecular formula is C15H12BrClN4O2S. The first-order valence-electron chi connectivity index (χ1n) is 6.85. The van der Waals surface area contributed by atoms with Crippen LogP contribution in [0.4, 0.5) is 5.95 Å². The molecule has 2 aromatic carbocycles. The number of sulfonamides is 1. The van der Waals surface area contributed by atoms with Gasteiger partial charge >= 0.3 is 0 Å². The number of halogens is 2. The summed E-state index contributed by atoms with van der Waals surface area (Å²) in [6, 6.07) is 13.6. The van der Waals surface area contributed by atoms with Gasteiger partial charge in [0.15, 0.2) is 0 Å². The van der Waals surface area contributed by atoms with Crippen LogP contribution >= 0.6 is 27.5 Å². The minimum atomic E-state index is -3.72. The lowest BCUT2D eigenvalue weighted by Gasteiger charge is -2.04. The number of aromatic nitrogens is 3. The SMILES string of the molecule is O=S(=O)(Nc1ncn(Cc2ccc(Cl)cc2)n1)c1ccc(Br)cc1. The standard InChI is InChI=1S/C15H12BrClN4O2S/c16-12-3-7-14(8-4-12)24(22,23)20-15-18-10-21(19-15)9-11-1-5-13(17)6-2-11/h1-8,10H,9H2,(H,19,20). The van der Waals surface area contributed by atoms with Gasteiger partial charge < -0.3 is 0 Å². The maximum absolute atomic E-state index is 12.3. The minimum Gasteiger partial charge on any atom is -0.246 e. The van der Waals surface area contributed by atoms with Crippen LogP contribution < -0.4 is 4.72 Å². The van der Waals surface area contributed by atoms with Crippen molar-refractivity contribution in [1.29, 1.82) is 0 Å². The highest BCUT2D eigenvalue weighted by atomic mass is 79.9. The summed E-state index contributed by atoms with van der Waals surface area (Å²) >= 11 is 9.11. The third-order valence-electron chi connectivity index (χ3n) is 3.14. The highest BCUT2D eigenvalue weighted by molar-refractivity contribution is 9.10. The number of nitrogens with zero attached hydrogens (tertiary/aromatic N) is 3. The van der Waals surface area contributed by atoms with Crippen molar-refractivity contribution < 1.29 is 8.42 Å². The van der Waals surface area contributed by atoms with Crippen LogP contribution in [0.5, 0.6) is 0 Å². The molecule has 1 heterocycles. The summed E-state index contributed by atoms with van der Waals surface area (Å²) in [5.41, 5.74) is 0.978. The Labute approximate surface area is 152 Å². The Hall–Kier alpha value is -1.90. The maximum atomic E-state index is 12.3. The Morgan fingerprint density at radius 2 is 1.75 bits per heavy atom. The van der Waals surface area contributed by atoms with Gasteiger partial charge in [-0.25, -0.2) is 17.8 Å². The van der Waals surface area contributed by atoms with Crippen LogP contribution in [0, 0.1) is 0 Å². The van der Waals surface area contributed by atoms with Gasteiger partial charge in [-0.2, -0.15) is 4.98 Å². The minimum absolute atomic E-state index is 0.0203. The van der Waals surface area contributed by atoms with Crippen molar-refractivity contribution in [1.82, 2.24) is 14.8 Å². The van der Waals surface area contributed by atoms with Crippen molar-refractivity contribution in [3.05, 3.63) is 69.9 Å². The molecule has 0 spiro atoms. The molecule has 3 rings (SSSR count). The first kappa shape index (κ1) is 16.9. The molecule has 6 nitrogen and oxygen atoms in total. The van der Waals surface area contributed by atoms with Crippen LogP contribution in [-0.2, 0) is 16.6 Å². The second-order valence-electron chi connectivity index (χ2n) is 4.95. The molecule has 0 fully saturated rings. The van der Waals surface area contributed by atoms with Crippen LogP contribution in [-0.4, -0.2) is 23.2 Å². The molecule has 0 atom stereocenters. The molecular weight excluding hydrogens is 416 g/mol. The van der Waals surface area contributed by atoms with Gasteiger partial charge in [-0.1, -0.05) is 39.7 Å². The maximum Gasteiger partial charge on any atom is 0.264 e. The van der Waals surface area contributed by atoms with E-state index in [2.05, 4.69) is 30.7 Å². The van der Waals surface area contributed by atoms with Gasteiger partial charge in [0, 0.05) is 9.50 Å². The molecule has 3 aromatic rings. The van der Waals surface area contributed by atoms with E-state index in [1.807, 2.05) is 12.1 Å². The van der Waals surface area contributed by atoms with Crippen molar-refractivity contribution in [3.63, 3.8) is 0 Å². The molecule has 0 amide bonds. The van der Waals surface area contributed by atoms with Gasteiger partial charge in [0.2, 0.25) is 0 Å². The first-order valence-corrected chi connectivity index (χ1v) is 9.50. The van der Waals surface area contributed by atoms with E-state index in [0.29, 0.717) is 11.6 Å². The van der Waals surface area contributed by atoms with E-state index in [1.165, 1.54) is 18.5 Å². The molecule has 0 radical (unpaired) electrons. The fourth-order valence-electron chi connectivity index (χ4n) is 1.99. The van der Waals surface area contributed by atoms with E-state index in [-0.39, 0.29) is 10.8 Å². The van der Waals surface area contributed by atoms with E-state index < -0.39 is 10.0 Å². The summed E-state index contributed by atoms with van der Waals surface area (Å²) < 4.78 is 29.3. The third kappa shape index (κ3) is 4.14. The second-order valence-corrected chi connectivity index (χ2v) is 7.99. The number of nitrogens with one attached hydrogen (secondary N) is 1. The summed E-state index contributed by atoms with van der Waals surface area (Å²) in [4.78, 5) is 4.12. The Morgan fingerprint density at radius 1 is 1.08 bits per heavy atom. The van der Waals surface area contributed by atoms with E-state index in [9.17, 15) is 8.42 Å². The molecule has 124 valence electrons. The number of anilines is 1. The lowest BCUT2D eigenvalue weighted by atomic mass is 10.2. The third-order valence-corrected chi connectivity index (χ3v) is 5.27. The molecule has 0 unspecified atom stereocenters. The average molecular weight is 428 g/mol. The van der Waals surface area contributed by atoms with Gasteiger partial charge in [0.05, 0.1) is 11.4 Å². The first-order chi connectivity index (χ1) is 11.4. The molecule has 9 heteroatoms. The zero-order valence-corrected chi connectivity index (χ0v) is 15.4. The summed E-state index contributed by atoms with van der Waals surface area (Å²) in [5.74, 6) is 0.0203. The van der Waals surface area contributed by atoms with E-state index in [1.54, 1.807) is 28.9 Å². The predicted octanol–water partition coefficient (Wildman–Crippen LogP) is 3.54. The van der Waals surface area contributed by atoms with Crippen molar-refractivity contribution in [2.45, 2.75) is 11.4 Å². The fraction of sp³-hybridized carbons (Fsp3) is 0.0667. The normalized spacial score (nSPS) is 11.4. The predicted molar refractivity (Wildman–Crippen MR) is 95.5 cm³/mol. The zero-order valence-electron chi connectivity index (χ0n) is 12.2. The highest BCUT2D eigenvalue weighted by Crippen LogP contribution is 2.17. The van der Waals surface area contributed by atoms with Crippen molar-refractivity contribution in [3.8, 4) is 0 Å². The van der Waals surface area contributed by atoms with Crippen molar-refractivity contribution in [2.24, 2.45) is 0 Å². The van der Waals surface area contributed by atoms with E-state index >= 15 is 0 Å². The number of benzene rings is 2. The molecule has 0 bridgehead atoms. The van der Waals surface area contributed by atoms with Crippen LogP contribution in [0.3, 0.4) is 0 Å². The molecule has 0 saturated heterocycles. The Kier molecular flexibility index (Phi) is 4.88. The molecule has 1 N–H and O–H groups in total. The second kappa shape index (κ2) is 6.92. The van der Waals surface area contributed by atoms with Gasteiger partial charge in [0.1, 0.15) is 6.33 Å². The van der Waals surface area contributed by atoms with Gasteiger partial charge in [0.25, 0.3) is 16.0 Å². The van der Waals surface area contributed by atoms with E-state index in [4.69, 9.17) is 11.6 Å². The van der Waals surface area contributed by atoms with Crippen molar-refractivity contribution in [2.75, 3.05) is 4.72 Å². The van der Waals surface area contributed by atoms with E-state index in [0.717, 1.165) is 10.0 Å². The lowest BCUT2D eigenvalue weighted by molar-refractivity contribution is 0.600. The van der Waals surface area contributed by atoms with Crippen LogP contribution in [0.2, 0.25) is 5.02 Å². The molecule has 0 aliphatic heterocycles.